The number of phenolic OH excluding ortho intramolecular Hbond substituents is 1. The molecule has 19 heavy (non-hydrogen) atoms. The predicted octanol–water partition coefficient (Wildman–Crippen LogP) is 4.30. The molecule has 2 rings (SSSR count). The summed E-state index contributed by atoms with van der Waals surface area (Å²) >= 11 is 0. The third kappa shape index (κ3) is 3.50. The van der Waals surface area contributed by atoms with Gasteiger partial charge in [-0.25, -0.2) is 0 Å². The Hall–Kier alpha value is -1.96. The predicted molar refractivity (Wildman–Crippen MR) is 80.6 cm³/mol. The second-order valence-corrected chi connectivity index (χ2v) is 5.81. The first-order valence-electron chi connectivity index (χ1n) is 6.58. The van der Waals surface area contributed by atoms with E-state index in [9.17, 15) is 5.11 Å². The third-order valence-corrected chi connectivity index (χ3v) is 3.23. The SMILES string of the molecule is CC(C)(C)c1ccc(NCc2ccccc2O)cc1. The summed E-state index contributed by atoms with van der Waals surface area (Å²) in [6.07, 6.45) is 0. The molecule has 2 nitrogen and oxygen atoms in total. The van der Waals surface area contributed by atoms with Crippen LogP contribution in [0.3, 0.4) is 0 Å². The summed E-state index contributed by atoms with van der Waals surface area (Å²) in [5, 5.41) is 13.0. The fourth-order valence-electron chi connectivity index (χ4n) is 1.95. The topological polar surface area (TPSA) is 32.3 Å². The van der Waals surface area contributed by atoms with Gasteiger partial charge in [-0.1, -0.05) is 51.1 Å². The van der Waals surface area contributed by atoms with Crippen molar-refractivity contribution in [1.82, 2.24) is 0 Å². The summed E-state index contributed by atoms with van der Waals surface area (Å²) in [5.41, 5.74) is 3.47. The molecule has 0 bridgehead atoms. The van der Waals surface area contributed by atoms with Crippen molar-refractivity contribution < 1.29 is 5.11 Å². The van der Waals surface area contributed by atoms with Crippen molar-refractivity contribution in [3.8, 4) is 5.75 Å². The van der Waals surface area contributed by atoms with E-state index in [0.29, 0.717) is 12.3 Å². The molecule has 2 aromatic carbocycles. The molecule has 0 aliphatic rings. The Morgan fingerprint density at radius 1 is 0.947 bits per heavy atom. The minimum Gasteiger partial charge on any atom is -0.508 e. The summed E-state index contributed by atoms with van der Waals surface area (Å²) in [5.74, 6) is 0.335. The monoisotopic (exact) mass is 255 g/mol. The van der Waals surface area contributed by atoms with Crippen LogP contribution in [0.2, 0.25) is 0 Å². The van der Waals surface area contributed by atoms with Gasteiger partial charge in [-0.05, 0) is 29.2 Å². The Bertz CT molecular complexity index is 538. The molecule has 0 atom stereocenters. The average molecular weight is 255 g/mol. The number of para-hydroxylation sites is 1. The first-order valence-corrected chi connectivity index (χ1v) is 6.58. The molecule has 0 saturated heterocycles. The maximum Gasteiger partial charge on any atom is 0.120 e. The zero-order chi connectivity index (χ0) is 13.9. The lowest BCUT2D eigenvalue weighted by Crippen LogP contribution is -2.10. The van der Waals surface area contributed by atoms with Gasteiger partial charge in [-0.3, -0.25) is 0 Å². The Balaban J connectivity index is 2.03. The minimum absolute atomic E-state index is 0.177. The van der Waals surface area contributed by atoms with E-state index in [1.54, 1.807) is 6.07 Å². The molecule has 0 radical (unpaired) electrons. The molecular formula is C17H21NO. The van der Waals surface area contributed by atoms with Crippen LogP contribution in [0.25, 0.3) is 0 Å². The molecule has 100 valence electrons. The summed E-state index contributed by atoms with van der Waals surface area (Å²) in [4.78, 5) is 0. The summed E-state index contributed by atoms with van der Waals surface area (Å²) in [6.45, 7) is 7.24. The van der Waals surface area contributed by atoms with Crippen LogP contribution in [0.4, 0.5) is 5.69 Å². The molecule has 0 unspecified atom stereocenters. The molecule has 0 heterocycles. The number of aromatic hydroxyl groups is 1. The fraction of sp³-hybridized carbons (Fsp3) is 0.294. The number of rotatable bonds is 3. The van der Waals surface area contributed by atoms with Crippen LogP contribution in [0.1, 0.15) is 31.9 Å². The van der Waals surface area contributed by atoms with E-state index in [2.05, 4.69) is 50.4 Å². The van der Waals surface area contributed by atoms with Crippen LogP contribution in [-0.4, -0.2) is 5.11 Å². The molecule has 0 amide bonds. The van der Waals surface area contributed by atoms with Gasteiger partial charge < -0.3 is 10.4 Å². The van der Waals surface area contributed by atoms with Gasteiger partial charge in [0, 0.05) is 17.8 Å². The van der Waals surface area contributed by atoms with Gasteiger partial charge in [-0.15, -0.1) is 0 Å². The Morgan fingerprint density at radius 2 is 1.58 bits per heavy atom. The number of anilines is 1. The molecule has 2 N–H and O–H groups in total. The van der Waals surface area contributed by atoms with E-state index in [4.69, 9.17) is 0 Å². The van der Waals surface area contributed by atoms with Crippen molar-refractivity contribution in [3.63, 3.8) is 0 Å². The zero-order valence-corrected chi connectivity index (χ0v) is 11.8. The number of hydrogen-bond donors (Lipinski definition) is 2. The van der Waals surface area contributed by atoms with E-state index in [0.717, 1.165) is 11.3 Å². The average Bonchev–Trinajstić information content (AvgIpc) is 2.37. The van der Waals surface area contributed by atoms with Gasteiger partial charge >= 0.3 is 0 Å². The summed E-state index contributed by atoms with van der Waals surface area (Å²) in [6, 6.07) is 15.9. The van der Waals surface area contributed by atoms with Gasteiger partial charge in [0.15, 0.2) is 0 Å². The molecule has 0 aliphatic carbocycles. The van der Waals surface area contributed by atoms with Crippen LogP contribution >= 0.6 is 0 Å². The summed E-state index contributed by atoms with van der Waals surface area (Å²) in [7, 11) is 0. The second kappa shape index (κ2) is 5.35. The lowest BCUT2D eigenvalue weighted by atomic mass is 9.87. The van der Waals surface area contributed by atoms with Crippen molar-refractivity contribution >= 4 is 5.69 Å². The maximum atomic E-state index is 9.70. The van der Waals surface area contributed by atoms with Gasteiger partial charge in [0.25, 0.3) is 0 Å². The summed E-state index contributed by atoms with van der Waals surface area (Å²) < 4.78 is 0. The number of hydrogen-bond acceptors (Lipinski definition) is 2. The van der Waals surface area contributed by atoms with E-state index in [1.807, 2.05) is 18.2 Å². The Kier molecular flexibility index (Phi) is 3.79. The van der Waals surface area contributed by atoms with Gasteiger partial charge in [-0.2, -0.15) is 0 Å². The van der Waals surface area contributed by atoms with Gasteiger partial charge in [0.2, 0.25) is 0 Å². The zero-order valence-electron chi connectivity index (χ0n) is 11.8. The fourth-order valence-corrected chi connectivity index (χ4v) is 1.95. The number of benzene rings is 2. The first-order chi connectivity index (χ1) is 8.97. The highest BCUT2D eigenvalue weighted by molar-refractivity contribution is 5.47. The standard InChI is InChI=1S/C17H21NO/c1-17(2,3)14-8-10-15(11-9-14)18-12-13-6-4-5-7-16(13)19/h4-11,18-19H,12H2,1-3H3. The highest BCUT2D eigenvalue weighted by Gasteiger charge is 2.12. The van der Waals surface area contributed by atoms with Crippen molar-refractivity contribution in [2.45, 2.75) is 32.7 Å². The second-order valence-electron chi connectivity index (χ2n) is 5.81. The number of phenols is 1. The van der Waals surface area contributed by atoms with E-state index >= 15 is 0 Å². The molecule has 0 saturated carbocycles. The van der Waals surface area contributed by atoms with Gasteiger partial charge in [0.1, 0.15) is 5.75 Å². The Morgan fingerprint density at radius 3 is 2.16 bits per heavy atom. The van der Waals surface area contributed by atoms with E-state index < -0.39 is 0 Å². The highest BCUT2D eigenvalue weighted by Crippen LogP contribution is 2.24. The molecule has 0 aromatic heterocycles. The molecular weight excluding hydrogens is 234 g/mol. The number of nitrogens with one attached hydrogen (secondary N) is 1. The molecule has 0 fully saturated rings. The quantitative estimate of drug-likeness (QED) is 0.857. The van der Waals surface area contributed by atoms with Crippen LogP contribution in [0.15, 0.2) is 48.5 Å². The van der Waals surface area contributed by atoms with Crippen molar-refractivity contribution in [2.75, 3.05) is 5.32 Å². The van der Waals surface area contributed by atoms with Crippen LogP contribution in [-0.2, 0) is 12.0 Å². The molecule has 2 aromatic rings. The highest BCUT2D eigenvalue weighted by atomic mass is 16.3. The van der Waals surface area contributed by atoms with E-state index in [1.165, 1.54) is 5.56 Å². The van der Waals surface area contributed by atoms with Crippen molar-refractivity contribution in [2.24, 2.45) is 0 Å². The lowest BCUT2D eigenvalue weighted by molar-refractivity contribution is 0.469. The van der Waals surface area contributed by atoms with Crippen molar-refractivity contribution in [3.05, 3.63) is 59.7 Å². The largest absolute Gasteiger partial charge is 0.508 e. The lowest BCUT2D eigenvalue weighted by Gasteiger charge is -2.19. The van der Waals surface area contributed by atoms with Crippen LogP contribution < -0.4 is 5.32 Å². The molecule has 0 spiro atoms. The Labute approximate surface area is 115 Å². The molecule has 0 aliphatic heterocycles. The van der Waals surface area contributed by atoms with Crippen LogP contribution in [0.5, 0.6) is 5.75 Å². The minimum atomic E-state index is 0.177. The van der Waals surface area contributed by atoms with E-state index in [-0.39, 0.29) is 5.41 Å². The van der Waals surface area contributed by atoms with Crippen molar-refractivity contribution in [1.29, 1.82) is 0 Å². The first kappa shape index (κ1) is 13.5. The normalized spacial score (nSPS) is 11.3. The van der Waals surface area contributed by atoms with Gasteiger partial charge in [0.05, 0.1) is 0 Å². The third-order valence-electron chi connectivity index (χ3n) is 3.23. The smallest absolute Gasteiger partial charge is 0.120 e. The maximum absolute atomic E-state index is 9.70. The van der Waals surface area contributed by atoms with Crippen LogP contribution in [0, 0.1) is 0 Å². The molecule has 2 heteroatoms.